The van der Waals surface area contributed by atoms with E-state index in [9.17, 15) is 4.79 Å². The highest BCUT2D eigenvalue weighted by Crippen LogP contribution is 2.32. The molecule has 0 atom stereocenters. The molecule has 148 valence electrons. The molecule has 0 amide bonds. The minimum atomic E-state index is -0.0539. The molecule has 1 fully saturated rings. The third kappa shape index (κ3) is 3.47. The minimum absolute atomic E-state index is 0.0539. The zero-order chi connectivity index (χ0) is 20.0. The van der Waals surface area contributed by atoms with Crippen molar-refractivity contribution in [2.24, 2.45) is 0 Å². The van der Waals surface area contributed by atoms with Crippen molar-refractivity contribution in [2.75, 3.05) is 20.2 Å². The number of aromatic nitrogens is 2. The fraction of sp³-hybridized carbons (Fsp3) is 0.333. The van der Waals surface area contributed by atoms with Gasteiger partial charge in [0.2, 0.25) is 0 Å². The van der Waals surface area contributed by atoms with Gasteiger partial charge in [0.1, 0.15) is 11.4 Å². The Hall–Kier alpha value is -2.92. The lowest BCUT2D eigenvalue weighted by Gasteiger charge is -2.26. The average Bonchev–Trinajstić information content (AvgIpc) is 3.60. The van der Waals surface area contributed by atoms with E-state index < -0.39 is 0 Å². The lowest BCUT2D eigenvalue weighted by atomic mass is 9.99. The lowest BCUT2D eigenvalue weighted by molar-refractivity contribution is 0.291. The number of ether oxygens (including phenoxy) is 1. The summed E-state index contributed by atoms with van der Waals surface area (Å²) in [5, 5.41) is 0. The van der Waals surface area contributed by atoms with E-state index >= 15 is 0 Å². The highest BCUT2D eigenvalue weighted by atomic mass is 16.5. The van der Waals surface area contributed by atoms with Crippen molar-refractivity contribution in [1.82, 2.24) is 14.3 Å². The fourth-order valence-corrected chi connectivity index (χ4v) is 4.17. The summed E-state index contributed by atoms with van der Waals surface area (Å²) in [6.45, 7) is 4.15. The molecule has 1 aliphatic carbocycles. The molecule has 1 aromatic carbocycles. The van der Waals surface area contributed by atoms with Crippen molar-refractivity contribution >= 4 is 11.2 Å². The number of hydrogen-bond acceptors (Lipinski definition) is 4. The molecular formula is C24H25N3O2. The second kappa shape index (κ2) is 7.16. The molecule has 29 heavy (non-hydrogen) atoms. The predicted octanol–water partition coefficient (Wildman–Crippen LogP) is 3.93. The van der Waals surface area contributed by atoms with Gasteiger partial charge in [-0.25, -0.2) is 4.98 Å². The van der Waals surface area contributed by atoms with Crippen LogP contribution in [-0.2, 0) is 0 Å². The van der Waals surface area contributed by atoms with Gasteiger partial charge in [-0.15, -0.1) is 0 Å². The summed E-state index contributed by atoms with van der Waals surface area (Å²) in [4.78, 5) is 20.3. The molecule has 0 saturated heterocycles. The van der Waals surface area contributed by atoms with E-state index in [0.29, 0.717) is 11.3 Å². The van der Waals surface area contributed by atoms with Crippen molar-refractivity contribution in [1.29, 1.82) is 0 Å². The molecule has 1 aliphatic heterocycles. The van der Waals surface area contributed by atoms with E-state index in [0.717, 1.165) is 48.0 Å². The van der Waals surface area contributed by atoms with Gasteiger partial charge in [-0.2, -0.15) is 0 Å². The van der Waals surface area contributed by atoms with Gasteiger partial charge in [-0.3, -0.25) is 14.1 Å². The summed E-state index contributed by atoms with van der Waals surface area (Å²) >= 11 is 0. The Morgan fingerprint density at radius 2 is 1.90 bits per heavy atom. The maximum absolute atomic E-state index is 12.9. The van der Waals surface area contributed by atoms with E-state index in [2.05, 4.69) is 17.0 Å². The molecule has 0 unspecified atom stereocenters. The highest BCUT2D eigenvalue weighted by Gasteiger charge is 2.29. The summed E-state index contributed by atoms with van der Waals surface area (Å²) in [5.74, 6) is 0.785. The Bertz CT molecular complexity index is 1160. The summed E-state index contributed by atoms with van der Waals surface area (Å²) < 4.78 is 6.90. The first-order valence-electron chi connectivity index (χ1n) is 10.2. The van der Waals surface area contributed by atoms with Crippen LogP contribution in [-0.4, -0.2) is 40.5 Å². The van der Waals surface area contributed by atoms with Crippen LogP contribution in [0.2, 0.25) is 0 Å². The molecule has 0 radical (unpaired) electrons. The largest absolute Gasteiger partial charge is 0.497 e. The first-order chi connectivity index (χ1) is 14.1. The van der Waals surface area contributed by atoms with Crippen molar-refractivity contribution in [3.8, 4) is 17.0 Å². The molecule has 3 heterocycles. The van der Waals surface area contributed by atoms with Crippen LogP contribution in [0.5, 0.6) is 5.75 Å². The van der Waals surface area contributed by atoms with Gasteiger partial charge in [-0.05, 0) is 73.2 Å². The second-order valence-corrected chi connectivity index (χ2v) is 8.02. The molecule has 5 heteroatoms. The summed E-state index contributed by atoms with van der Waals surface area (Å²) in [5.41, 5.74) is 5.73. The molecule has 2 aromatic heterocycles. The topological polar surface area (TPSA) is 46.8 Å². The highest BCUT2D eigenvalue weighted by molar-refractivity contribution is 5.70. The molecule has 2 aliphatic rings. The van der Waals surface area contributed by atoms with E-state index in [1.165, 1.54) is 18.4 Å². The smallest absolute Gasteiger partial charge is 0.258 e. The number of aryl methyl sites for hydroxylation is 1. The molecular weight excluding hydrogens is 362 g/mol. The van der Waals surface area contributed by atoms with Crippen molar-refractivity contribution in [3.05, 3.63) is 70.2 Å². The second-order valence-electron chi connectivity index (χ2n) is 8.02. The van der Waals surface area contributed by atoms with Gasteiger partial charge in [0.15, 0.2) is 0 Å². The first kappa shape index (κ1) is 18.1. The first-order valence-corrected chi connectivity index (χ1v) is 10.2. The van der Waals surface area contributed by atoms with Crippen LogP contribution in [0, 0.1) is 6.92 Å². The van der Waals surface area contributed by atoms with Gasteiger partial charge in [0, 0.05) is 37.0 Å². The van der Waals surface area contributed by atoms with Gasteiger partial charge >= 0.3 is 0 Å². The van der Waals surface area contributed by atoms with Gasteiger partial charge in [0.05, 0.1) is 12.8 Å². The molecule has 0 bridgehead atoms. The Balaban J connectivity index is 1.52. The quantitative estimate of drug-likeness (QED) is 0.681. The molecule has 0 N–H and O–H groups in total. The minimum Gasteiger partial charge on any atom is -0.497 e. The summed E-state index contributed by atoms with van der Waals surface area (Å²) in [6, 6.07) is 12.2. The third-order valence-electron chi connectivity index (χ3n) is 6.01. The van der Waals surface area contributed by atoms with Crippen LogP contribution in [0.1, 0.15) is 30.4 Å². The number of benzene rings is 1. The van der Waals surface area contributed by atoms with Crippen LogP contribution < -0.4 is 10.3 Å². The number of pyridine rings is 1. The van der Waals surface area contributed by atoms with E-state index in [1.54, 1.807) is 17.6 Å². The standard InChI is InChI=1S/C24H25N3O2/c1-16-13-19(17-9-11-26(12-10-17)20-5-6-20)15-27-23(28)14-22(25-24(16)27)18-3-7-21(29-2)8-4-18/h3-4,7-9,13-15,20H,5-6,10-12H2,1-2H3. The number of fused-ring (bicyclic) bond motifs is 1. The maximum Gasteiger partial charge on any atom is 0.258 e. The monoisotopic (exact) mass is 387 g/mol. The average molecular weight is 387 g/mol. The Morgan fingerprint density at radius 3 is 2.55 bits per heavy atom. The molecule has 0 spiro atoms. The molecule has 3 aromatic rings. The Morgan fingerprint density at radius 1 is 1.10 bits per heavy atom. The number of hydrogen-bond donors (Lipinski definition) is 0. The zero-order valence-electron chi connectivity index (χ0n) is 16.9. The van der Waals surface area contributed by atoms with Crippen molar-refractivity contribution in [3.63, 3.8) is 0 Å². The third-order valence-corrected chi connectivity index (χ3v) is 6.01. The lowest BCUT2D eigenvalue weighted by Crippen LogP contribution is -2.30. The summed E-state index contributed by atoms with van der Waals surface area (Å²) in [7, 11) is 1.64. The van der Waals surface area contributed by atoms with Crippen LogP contribution in [0.25, 0.3) is 22.5 Å². The van der Waals surface area contributed by atoms with Crippen LogP contribution in [0.15, 0.2) is 53.5 Å². The Kier molecular flexibility index (Phi) is 4.47. The Labute approximate surface area is 170 Å². The van der Waals surface area contributed by atoms with Gasteiger partial charge in [-0.1, -0.05) is 6.08 Å². The predicted molar refractivity (Wildman–Crippen MR) is 115 cm³/mol. The number of rotatable bonds is 4. The van der Waals surface area contributed by atoms with Crippen LogP contribution in [0.4, 0.5) is 0 Å². The molecule has 5 rings (SSSR count). The molecule has 1 saturated carbocycles. The normalized spacial score (nSPS) is 17.4. The van der Waals surface area contributed by atoms with Crippen LogP contribution in [0.3, 0.4) is 0 Å². The zero-order valence-corrected chi connectivity index (χ0v) is 16.9. The van der Waals surface area contributed by atoms with E-state index in [1.807, 2.05) is 37.4 Å². The van der Waals surface area contributed by atoms with Gasteiger partial charge in [0.25, 0.3) is 5.56 Å². The van der Waals surface area contributed by atoms with Crippen molar-refractivity contribution < 1.29 is 4.74 Å². The van der Waals surface area contributed by atoms with E-state index in [-0.39, 0.29) is 5.56 Å². The summed E-state index contributed by atoms with van der Waals surface area (Å²) in [6.07, 6.45) is 8.00. The van der Waals surface area contributed by atoms with Crippen LogP contribution >= 0.6 is 0 Å². The fourth-order valence-electron chi connectivity index (χ4n) is 4.17. The molecule has 5 nitrogen and oxygen atoms in total. The number of nitrogens with zero attached hydrogens (tertiary/aromatic N) is 3. The number of methoxy groups -OCH3 is 1. The van der Waals surface area contributed by atoms with Crippen molar-refractivity contribution in [2.45, 2.75) is 32.2 Å². The van der Waals surface area contributed by atoms with Gasteiger partial charge < -0.3 is 4.74 Å². The van der Waals surface area contributed by atoms with E-state index in [4.69, 9.17) is 9.72 Å². The maximum atomic E-state index is 12.9. The SMILES string of the molecule is COc1ccc(-c2cc(=O)n3cc(C4=CCN(C5CC5)CC4)cc(C)c3n2)cc1.